The standard InChI is InChI=1S/C20H24N2O2/c1-14-7-9-16(10-8-14)11-22-20(23)15(2)21-12-17-13-24-19-6-4-3-5-18(17)19/h3-10,15,17,21H,11-13H2,1-2H3,(H,22,23). The highest BCUT2D eigenvalue weighted by Gasteiger charge is 2.24. The summed E-state index contributed by atoms with van der Waals surface area (Å²) in [5.74, 6) is 1.28. The van der Waals surface area contributed by atoms with Crippen LogP contribution in [-0.4, -0.2) is 25.1 Å². The van der Waals surface area contributed by atoms with E-state index in [0.717, 1.165) is 17.9 Å². The van der Waals surface area contributed by atoms with Gasteiger partial charge in [0, 0.05) is 24.6 Å². The highest BCUT2D eigenvalue weighted by molar-refractivity contribution is 5.81. The van der Waals surface area contributed by atoms with E-state index in [-0.39, 0.29) is 11.9 Å². The molecule has 0 fully saturated rings. The molecule has 2 unspecified atom stereocenters. The van der Waals surface area contributed by atoms with Gasteiger partial charge >= 0.3 is 0 Å². The van der Waals surface area contributed by atoms with E-state index in [4.69, 9.17) is 4.74 Å². The number of para-hydroxylation sites is 1. The number of aryl methyl sites for hydroxylation is 1. The predicted molar refractivity (Wildman–Crippen MR) is 95.2 cm³/mol. The number of amides is 1. The maximum atomic E-state index is 12.2. The summed E-state index contributed by atoms with van der Waals surface area (Å²) >= 11 is 0. The number of carbonyl (C=O) groups is 1. The highest BCUT2D eigenvalue weighted by atomic mass is 16.5. The largest absolute Gasteiger partial charge is 0.493 e. The number of nitrogens with one attached hydrogen (secondary N) is 2. The van der Waals surface area contributed by atoms with Crippen molar-refractivity contribution in [3.8, 4) is 5.75 Å². The smallest absolute Gasteiger partial charge is 0.237 e. The Kier molecular flexibility index (Phi) is 5.16. The molecule has 0 spiro atoms. The molecule has 1 aliphatic heterocycles. The van der Waals surface area contributed by atoms with Gasteiger partial charge in [-0.3, -0.25) is 4.79 Å². The van der Waals surface area contributed by atoms with E-state index in [1.54, 1.807) is 0 Å². The third-order valence-electron chi connectivity index (χ3n) is 4.45. The first kappa shape index (κ1) is 16.5. The van der Waals surface area contributed by atoms with Crippen molar-refractivity contribution >= 4 is 5.91 Å². The van der Waals surface area contributed by atoms with Gasteiger partial charge in [0.05, 0.1) is 12.6 Å². The van der Waals surface area contributed by atoms with E-state index in [9.17, 15) is 4.79 Å². The summed E-state index contributed by atoms with van der Waals surface area (Å²) in [6, 6.07) is 16.1. The van der Waals surface area contributed by atoms with E-state index in [0.29, 0.717) is 19.1 Å². The zero-order valence-corrected chi connectivity index (χ0v) is 14.2. The van der Waals surface area contributed by atoms with Crippen molar-refractivity contribution in [2.24, 2.45) is 0 Å². The summed E-state index contributed by atoms with van der Waals surface area (Å²) in [5.41, 5.74) is 3.55. The zero-order chi connectivity index (χ0) is 16.9. The molecule has 24 heavy (non-hydrogen) atoms. The summed E-state index contributed by atoms with van der Waals surface area (Å²) in [6.07, 6.45) is 0. The van der Waals surface area contributed by atoms with Gasteiger partial charge in [-0.2, -0.15) is 0 Å². The van der Waals surface area contributed by atoms with Crippen molar-refractivity contribution in [2.75, 3.05) is 13.2 Å². The van der Waals surface area contributed by atoms with E-state index in [1.165, 1.54) is 11.1 Å². The van der Waals surface area contributed by atoms with Crippen LogP contribution < -0.4 is 15.4 Å². The third kappa shape index (κ3) is 3.95. The van der Waals surface area contributed by atoms with Crippen LogP contribution >= 0.6 is 0 Å². The first-order chi connectivity index (χ1) is 11.6. The zero-order valence-electron chi connectivity index (χ0n) is 14.2. The van der Waals surface area contributed by atoms with Crippen LogP contribution in [0.4, 0.5) is 0 Å². The van der Waals surface area contributed by atoms with Crippen molar-refractivity contribution in [1.82, 2.24) is 10.6 Å². The lowest BCUT2D eigenvalue weighted by atomic mass is 10.0. The lowest BCUT2D eigenvalue weighted by molar-refractivity contribution is -0.122. The second-order valence-electron chi connectivity index (χ2n) is 6.38. The number of benzene rings is 2. The van der Waals surface area contributed by atoms with Gasteiger partial charge in [-0.1, -0.05) is 48.0 Å². The Hall–Kier alpha value is -2.33. The molecule has 1 aliphatic rings. The number of rotatable bonds is 6. The van der Waals surface area contributed by atoms with Crippen molar-refractivity contribution in [2.45, 2.75) is 32.4 Å². The molecule has 4 nitrogen and oxygen atoms in total. The molecule has 0 aliphatic carbocycles. The Morgan fingerprint density at radius 2 is 1.96 bits per heavy atom. The van der Waals surface area contributed by atoms with E-state index >= 15 is 0 Å². The third-order valence-corrected chi connectivity index (χ3v) is 4.45. The minimum Gasteiger partial charge on any atom is -0.493 e. The Morgan fingerprint density at radius 3 is 2.75 bits per heavy atom. The molecule has 0 saturated heterocycles. The van der Waals surface area contributed by atoms with Crippen LogP contribution in [0.15, 0.2) is 48.5 Å². The van der Waals surface area contributed by atoms with Crippen LogP contribution in [0.2, 0.25) is 0 Å². The van der Waals surface area contributed by atoms with Gasteiger partial charge in [0.2, 0.25) is 5.91 Å². The molecule has 0 bridgehead atoms. The monoisotopic (exact) mass is 324 g/mol. The van der Waals surface area contributed by atoms with Crippen molar-refractivity contribution in [1.29, 1.82) is 0 Å². The van der Waals surface area contributed by atoms with Crippen LogP contribution in [0.5, 0.6) is 5.75 Å². The Bertz CT molecular complexity index is 697. The SMILES string of the molecule is Cc1ccc(CNC(=O)C(C)NCC2COc3ccccc32)cc1. The van der Waals surface area contributed by atoms with Gasteiger partial charge in [-0.05, 0) is 25.5 Å². The number of carbonyl (C=O) groups excluding carboxylic acids is 1. The van der Waals surface area contributed by atoms with Gasteiger partial charge in [-0.15, -0.1) is 0 Å². The van der Waals surface area contributed by atoms with Gasteiger partial charge in [0.15, 0.2) is 0 Å². The van der Waals surface area contributed by atoms with Crippen LogP contribution in [0.1, 0.15) is 29.5 Å². The Morgan fingerprint density at radius 1 is 1.21 bits per heavy atom. The molecule has 2 N–H and O–H groups in total. The van der Waals surface area contributed by atoms with Crippen LogP contribution in [0, 0.1) is 6.92 Å². The van der Waals surface area contributed by atoms with E-state index < -0.39 is 0 Å². The predicted octanol–water partition coefficient (Wildman–Crippen LogP) is 2.77. The summed E-state index contributed by atoms with van der Waals surface area (Å²) in [6.45, 7) is 5.91. The van der Waals surface area contributed by atoms with E-state index in [1.807, 2.05) is 37.3 Å². The lowest BCUT2D eigenvalue weighted by Gasteiger charge is -2.17. The van der Waals surface area contributed by atoms with Crippen LogP contribution in [0.3, 0.4) is 0 Å². The Labute approximate surface area is 143 Å². The molecule has 3 rings (SSSR count). The molecular weight excluding hydrogens is 300 g/mol. The molecule has 0 saturated carbocycles. The van der Waals surface area contributed by atoms with Gasteiger partial charge in [-0.25, -0.2) is 0 Å². The normalized spacial score (nSPS) is 17.0. The molecule has 2 atom stereocenters. The topological polar surface area (TPSA) is 50.4 Å². The van der Waals surface area contributed by atoms with Crippen LogP contribution in [-0.2, 0) is 11.3 Å². The van der Waals surface area contributed by atoms with Crippen molar-refractivity contribution < 1.29 is 9.53 Å². The van der Waals surface area contributed by atoms with Gasteiger partial charge in [0.25, 0.3) is 0 Å². The average Bonchev–Trinajstić information content (AvgIpc) is 3.02. The number of ether oxygens (including phenoxy) is 1. The maximum Gasteiger partial charge on any atom is 0.237 e. The molecule has 2 aromatic rings. The average molecular weight is 324 g/mol. The van der Waals surface area contributed by atoms with Crippen molar-refractivity contribution in [3.05, 3.63) is 65.2 Å². The minimum atomic E-state index is -0.233. The fourth-order valence-electron chi connectivity index (χ4n) is 2.86. The molecule has 1 amide bonds. The fraction of sp³-hybridized carbons (Fsp3) is 0.350. The minimum absolute atomic E-state index is 0.0165. The molecule has 1 heterocycles. The summed E-state index contributed by atoms with van der Waals surface area (Å²) < 4.78 is 5.68. The second kappa shape index (κ2) is 7.49. The maximum absolute atomic E-state index is 12.2. The first-order valence-electron chi connectivity index (χ1n) is 8.42. The molecule has 126 valence electrons. The molecule has 0 radical (unpaired) electrons. The Balaban J connectivity index is 1.46. The van der Waals surface area contributed by atoms with E-state index in [2.05, 4.69) is 35.8 Å². The van der Waals surface area contributed by atoms with Gasteiger partial charge < -0.3 is 15.4 Å². The van der Waals surface area contributed by atoms with Crippen molar-refractivity contribution in [3.63, 3.8) is 0 Å². The molecular formula is C20H24N2O2. The molecule has 4 heteroatoms. The lowest BCUT2D eigenvalue weighted by Crippen LogP contribution is -2.43. The highest BCUT2D eigenvalue weighted by Crippen LogP contribution is 2.32. The number of hydrogen-bond acceptors (Lipinski definition) is 3. The first-order valence-corrected chi connectivity index (χ1v) is 8.42. The van der Waals surface area contributed by atoms with Gasteiger partial charge in [0.1, 0.15) is 5.75 Å². The van der Waals surface area contributed by atoms with Crippen LogP contribution in [0.25, 0.3) is 0 Å². The molecule has 0 aromatic heterocycles. The quantitative estimate of drug-likeness (QED) is 0.859. The summed E-state index contributed by atoms with van der Waals surface area (Å²) in [7, 11) is 0. The summed E-state index contributed by atoms with van der Waals surface area (Å²) in [5, 5.41) is 6.30. The second-order valence-corrected chi connectivity index (χ2v) is 6.38. The molecule has 2 aromatic carbocycles. The fourth-order valence-corrected chi connectivity index (χ4v) is 2.86. The number of fused-ring (bicyclic) bond motifs is 1. The summed E-state index contributed by atoms with van der Waals surface area (Å²) in [4.78, 5) is 12.2. The number of hydrogen-bond donors (Lipinski definition) is 2.